The molecule has 0 saturated heterocycles. The number of aromatic carboxylic acids is 1. The summed E-state index contributed by atoms with van der Waals surface area (Å²) < 4.78 is 52.6. The number of carboxylic acids is 1. The van der Waals surface area contributed by atoms with Crippen molar-refractivity contribution in [1.29, 1.82) is 0 Å². The van der Waals surface area contributed by atoms with Crippen molar-refractivity contribution in [1.82, 2.24) is 0 Å². The number of benzene rings is 2. The second kappa shape index (κ2) is 6.33. The van der Waals surface area contributed by atoms with E-state index in [0.29, 0.717) is 18.6 Å². The van der Waals surface area contributed by atoms with E-state index in [2.05, 4.69) is 4.72 Å². The molecule has 0 aromatic heterocycles. The van der Waals surface area contributed by atoms with Crippen molar-refractivity contribution >= 4 is 21.7 Å². The fraction of sp³-hybridized carbons (Fsp3) is 0.133. The second-order valence-corrected chi connectivity index (χ2v) is 6.40. The summed E-state index contributed by atoms with van der Waals surface area (Å²) in [5, 5.41) is 9.19. The molecular weight excluding hydrogens is 328 g/mol. The van der Waals surface area contributed by atoms with Crippen LogP contribution in [0.1, 0.15) is 22.8 Å². The van der Waals surface area contributed by atoms with Gasteiger partial charge in [0.15, 0.2) is 11.6 Å². The van der Waals surface area contributed by atoms with Crippen molar-refractivity contribution in [3.05, 3.63) is 59.2 Å². The third-order valence-electron chi connectivity index (χ3n) is 3.17. The Morgan fingerprint density at radius 2 is 1.83 bits per heavy atom. The summed E-state index contributed by atoms with van der Waals surface area (Å²) in [7, 11) is -4.25. The van der Waals surface area contributed by atoms with Gasteiger partial charge in [-0.2, -0.15) is 0 Å². The first kappa shape index (κ1) is 16.9. The SMILES string of the molecule is CCc1ccc(NS(=O)(=O)c2ccc(F)c(F)c2)c(C(=O)O)c1. The maximum atomic E-state index is 13.2. The highest BCUT2D eigenvalue weighted by atomic mass is 32.2. The molecule has 2 rings (SSSR count). The predicted molar refractivity (Wildman–Crippen MR) is 79.9 cm³/mol. The number of rotatable bonds is 5. The summed E-state index contributed by atoms with van der Waals surface area (Å²) in [6, 6.07) is 6.35. The lowest BCUT2D eigenvalue weighted by molar-refractivity contribution is 0.0698. The highest BCUT2D eigenvalue weighted by Gasteiger charge is 2.20. The minimum Gasteiger partial charge on any atom is -0.478 e. The summed E-state index contributed by atoms with van der Waals surface area (Å²) in [5.74, 6) is -3.79. The summed E-state index contributed by atoms with van der Waals surface area (Å²) in [4.78, 5) is 10.8. The third-order valence-corrected chi connectivity index (χ3v) is 4.53. The monoisotopic (exact) mass is 341 g/mol. The van der Waals surface area contributed by atoms with Gasteiger partial charge in [0.2, 0.25) is 0 Å². The quantitative estimate of drug-likeness (QED) is 0.876. The molecule has 0 spiro atoms. The van der Waals surface area contributed by atoms with Crippen LogP contribution in [-0.2, 0) is 16.4 Å². The molecule has 0 amide bonds. The standard InChI is InChI=1S/C15H13F2NO4S/c1-2-9-3-6-14(11(7-9)15(19)20)18-23(21,22)10-4-5-12(16)13(17)8-10/h3-8,18H,2H2,1H3,(H,19,20). The summed E-state index contributed by atoms with van der Waals surface area (Å²) >= 11 is 0. The normalized spacial score (nSPS) is 11.3. The van der Waals surface area contributed by atoms with Crippen LogP contribution < -0.4 is 4.72 Å². The maximum absolute atomic E-state index is 13.2. The minimum absolute atomic E-state index is 0.153. The van der Waals surface area contributed by atoms with Gasteiger partial charge < -0.3 is 5.11 Å². The lowest BCUT2D eigenvalue weighted by Gasteiger charge is -2.12. The zero-order valence-corrected chi connectivity index (χ0v) is 12.8. The van der Waals surface area contributed by atoms with Crippen LogP contribution in [0, 0.1) is 11.6 Å². The van der Waals surface area contributed by atoms with Gasteiger partial charge in [0.1, 0.15) is 0 Å². The average Bonchev–Trinajstić information content (AvgIpc) is 2.49. The molecular formula is C15H13F2NO4S. The molecule has 23 heavy (non-hydrogen) atoms. The van der Waals surface area contributed by atoms with Crippen LogP contribution in [0.2, 0.25) is 0 Å². The average molecular weight is 341 g/mol. The van der Waals surface area contributed by atoms with Crippen LogP contribution in [0.4, 0.5) is 14.5 Å². The largest absolute Gasteiger partial charge is 0.478 e. The van der Waals surface area contributed by atoms with E-state index in [1.165, 1.54) is 12.1 Å². The zero-order valence-electron chi connectivity index (χ0n) is 12.0. The van der Waals surface area contributed by atoms with E-state index in [1.54, 1.807) is 6.07 Å². The number of halogens is 2. The van der Waals surface area contributed by atoms with Gasteiger partial charge >= 0.3 is 5.97 Å². The molecule has 0 aliphatic rings. The Morgan fingerprint density at radius 1 is 1.13 bits per heavy atom. The lowest BCUT2D eigenvalue weighted by atomic mass is 10.1. The van der Waals surface area contributed by atoms with Crippen LogP contribution >= 0.6 is 0 Å². The topological polar surface area (TPSA) is 83.5 Å². The smallest absolute Gasteiger partial charge is 0.337 e. The molecule has 0 aliphatic carbocycles. The number of nitrogens with one attached hydrogen (secondary N) is 1. The minimum atomic E-state index is -4.25. The van der Waals surface area contributed by atoms with Gasteiger partial charge in [-0.05, 0) is 42.3 Å². The molecule has 8 heteroatoms. The maximum Gasteiger partial charge on any atom is 0.337 e. The lowest BCUT2D eigenvalue weighted by Crippen LogP contribution is -2.16. The molecule has 2 aromatic rings. The third kappa shape index (κ3) is 3.65. The number of hydrogen-bond donors (Lipinski definition) is 2. The summed E-state index contributed by atoms with van der Waals surface area (Å²) in [6.45, 7) is 1.83. The highest BCUT2D eigenvalue weighted by molar-refractivity contribution is 7.92. The number of hydrogen-bond acceptors (Lipinski definition) is 3. The van der Waals surface area contributed by atoms with E-state index in [0.717, 1.165) is 11.6 Å². The number of anilines is 1. The van der Waals surface area contributed by atoms with Gasteiger partial charge in [0, 0.05) is 0 Å². The summed E-state index contributed by atoms with van der Waals surface area (Å²) in [6.07, 6.45) is 0.580. The van der Waals surface area contributed by atoms with E-state index >= 15 is 0 Å². The Labute approximate surface area is 131 Å². The molecule has 0 saturated carbocycles. The van der Waals surface area contributed by atoms with E-state index in [-0.39, 0.29) is 11.3 Å². The predicted octanol–water partition coefficient (Wildman–Crippen LogP) is 3.03. The van der Waals surface area contributed by atoms with Crippen molar-refractivity contribution in [2.45, 2.75) is 18.2 Å². The van der Waals surface area contributed by atoms with Gasteiger partial charge in [-0.3, -0.25) is 4.72 Å². The fourth-order valence-electron chi connectivity index (χ4n) is 1.92. The van der Waals surface area contributed by atoms with E-state index in [9.17, 15) is 27.1 Å². The first-order valence-electron chi connectivity index (χ1n) is 6.58. The van der Waals surface area contributed by atoms with Crippen LogP contribution in [0.5, 0.6) is 0 Å². The molecule has 2 aromatic carbocycles. The van der Waals surface area contributed by atoms with Crippen molar-refractivity contribution in [3.63, 3.8) is 0 Å². The number of carbonyl (C=O) groups is 1. The molecule has 0 heterocycles. The van der Waals surface area contributed by atoms with E-state index in [1.807, 2.05) is 6.92 Å². The van der Waals surface area contributed by atoms with Crippen LogP contribution in [0.15, 0.2) is 41.3 Å². The van der Waals surface area contributed by atoms with Gasteiger partial charge in [0.25, 0.3) is 10.0 Å². The fourth-order valence-corrected chi connectivity index (χ4v) is 3.02. The van der Waals surface area contributed by atoms with Gasteiger partial charge in [-0.1, -0.05) is 13.0 Å². The van der Waals surface area contributed by atoms with Crippen molar-refractivity contribution in [2.24, 2.45) is 0 Å². The number of sulfonamides is 1. The molecule has 0 fully saturated rings. The summed E-state index contributed by atoms with van der Waals surface area (Å²) in [5.41, 5.74) is 0.341. The molecule has 0 bridgehead atoms. The van der Waals surface area contributed by atoms with Crippen molar-refractivity contribution in [3.8, 4) is 0 Å². The van der Waals surface area contributed by atoms with E-state index in [4.69, 9.17) is 0 Å². The van der Waals surface area contributed by atoms with Crippen LogP contribution in [0.3, 0.4) is 0 Å². The van der Waals surface area contributed by atoms with Gasteiger partial charge in [-0.15, -0.1) is 0 Å². The first-order valence-corrected chi connectivity index (χ1v) is 8.07. The number of carboxylic acid groups (broad SMARTS) is 1. The molecule has 0 atom stereocenters. The Bertz CT molecular complexity index is 866. The van der Waals surface area contributed by atoms with Gasteiger partial charge in [-0.25, -0.2) is 22.0 Å². The molecule has 0 radical (unpaired) electrons. The van der Waals surface area contributed by atoms with Crippen LogP contribution in [-0.4, -0.2) is 19.5 Å². The van der Waals surface area contributed by atoms with Crippen LogP contribution in [0.25, 0.3) is 0 Å². The number of aryl methyl sites for hydroxylation is 1. The molecule has 5 nitrogen and oxygen atoms in total. The zero-order chi connectivity index (χ0) is 17.2. The van der Waals surface area contributed by atoms with Crippen molar-refractivity contribution < 1.29 is 27.1 Å². The van der Waals surface area contributed by atoms with Gasteiger partial charge in [0.05, 0.1) is 16.1 Å². The Balaban J connectivity index is 2.44. The highest BCUT2D eigenvalue weighted by Crippen LogP contribution is 2.23. The van der Waals surface area contributed by atoms with E-state index < -0.39 is 32.5 Å². The molecule has 0 unspecified atom stereocenters. The molecule has 0 aliphatic heterocycles. The molecule has 2 N–H and O–H groups in total. The van der Waals surface area contributed by atoms with Crippen molar-refractivity contribution in [2.75, 3.05) is 4.72 Å². The Hall–Kier alpha value is -2.48. The Morgan fingerprint density at radius 3 is 2.39 bits per heavy atom. The Kier molecular flexibility index (Phi) is 4.65. The molecule has 122 valence electrons. The second-order valence-electron chi connectivity index (χ2n) is 4.72. The first-order chi connectivity index (χ1) is 10.7.